The smallest absolute Gasteiger partial charge is 0.235 e. The highest BCUT2D eigenvalue weighted by Crippen LogP contribution is 2.35. The molecule has 2 heterocycles. The maximum absolute atomic E-state index is 12.2. The van der Waals surface area contributed by atoms with Gasteiger partial charge in [0.2, 0.25) is 11.8 Å². The second kappa shape index (κ2) is 4.41. The third-order valence-electron chi connectivity index (χ3n) is 4.13. The molecular formula is C13H22N2O2. The summed E-state index contributed by atoms with van der Waals surface area (Å²) < 4.78 is 0. The highest BCUT2D eigenvalue weighted by atomic mass is 16.2. The van der Waals surface area contributed by atoms with E-state index < -0.39 is 5.41 Å². The molecule has 0 aliphatic carbocycles. The number of hydrogen-bond donors (Lipinski definition) is 1. The van der Waals surface area contributed by atoms with Gasteiger partial charge < -0.3 is 5.32 Å². The number of rotatable bonds is 2. The Bertz CT molecular complexity index is 332. The third-order valence-corrected chi connectivity index (χ3v) is 4.13. The zero-order chi connectivity index (χ0) is 12.6. The maximum atomic E-state index is 12.2. The number of nitrogens with zero attached hydrogens (tertiary/aromatic N) is 1. The summed E-state index contributed by atoms with van der Waals surface area (Å²) in [4.78, 5) is 25.7. The Morgan fingerprint density at radius 1 is 1.29 bits per heavy atom. The van der Waals surface area contributed by atoms with Gasteiger partial charge in [-0.1, -0.05) is 13.8 Å². The van der Waals surface area contributed by atoms with E-state index in [1.165, 1.54) is 4.90 Å². The largest absolute Gasteiger partial charge is 0.317 e. The Morgan fingerprint density at radius 2 is 1.88 bits per heavy atom. The molecule has 4 heteroatoms. The third kappa shape index (κ3) is 2.23. The van der Waals surface area contributed by atoms with Crippen molar-refractivity contribution in [2.45, 2.75) is 46.1 Å². The molecule has 0 bridgehead atoms. The second-order valence-corrected chi connectivity index (χ2v) is 5.96. The molecule has 2 saturated heterocycles. The normalized spacial score (nSPS) is 27.6. The first-order chi connectivity index (χ1) is 7.93. The Morgan fingerprint density at radius 3 is 2.35 bits per heavy atom. The van der Waals surface area contributed by atoms with Crippen LogP contribution in [-0.4, -0.2) is 35.8 Å². The van der Waals surface area contributed by atoms with E-state index in [0.29, 0.717) is 12.3 Å². The van der Waals surface area contributed by atoms with Crippen LogP contribution < -0.4 is 5.32 Å². The van der Waals surface area contributed by atoms with Gasteiger partial charge in [-0.25, -0.2) is 0 Å². The van der Waals surface area contributed by atoms with Gasteiger partial charge in [-0.3, -0.25) is 14.5 Å². The fourth-order valence-corrected chi connectivity index (χ4v) is 2.93. The van der Waals surface area contributed by atoms with Crippen LogP contribution in [0.1, 0.15) is 40.0 Å². The lowest BCUT2D eigenvalue weighted by molar-refractivity contribution is -0.144. The van der Waals surface area contributed by atoms with Gasteiger partial charge in [0.1, 0.15) is 0 Å². The number of carbonyl (C=O) groups excluding carboxylic acids is 2. The first kappa shape index (κ1) is 12.6. The molecule has 0 radical (unpaired) electrons. The van der Waals surface area contributed by atoms with Gasteiger partial charge in [0.25, 0.3) is 0 Å². The summed E-state index contributed by atoms with van der Waals surface area (Å²) in [6, 6.07) is 0.0545. The summed E-state index contributed by atoms with van der Waals surface area (Å²) in [5.74, 6) is 0.470. The maximum Gasteiger partial charge on any atom is 0.235 e. The van der Waals surface area contributed by atoms with Crippen LogP contribution in [0.25, 0.3) is 0 Å². The number of carbonyl (C=O) groups is 2. The lowest BCUT2D eigenvalue weighted by atomic mass is 9.89. The number of piperidine rings is 1. The van der Waals surface area contributed by atoms with E-state index in [2.05, 4.69) is 5.32 Å². The first-order valence-corrected chi connectivity index (χ1v) is 6.51. The average Bonchev–Trinajstić information content (AvgIpc) is 2.49. The quantitative estimate of drug-likeness (QED) is 0.734. The lowest BCUT2D eigenvalue weighted by Gasteiger charge is -2.34. The van der Waals surface area contributed by atoms with E-state index in [1.54, 1.807) is 0 Å². The van der Waals surface area contributed by atoms with Gasteiger partial charge in [0.15, 0.2) is 0 Å². The van der Waals surface area contributed by atoms with E-state index in [1.807, 2.05) is 20.8 Å². The summed E-state index contributed by atoms with van der Waals surface area (Å²) >= 11 is 0. The fraction of sp³-hybridized carbons (Fsp3) is 0.846. The Balaban J connectivity index is 2.11. The molecular weight excluding hydrogens is 216 g/mol. The van der Waals surface area contributed by atoms with Gasteiger partial charge in [-0.2, -0.15) is 0 Å². The summed E-state index contributed by atoms with van der Waals surface area (Å²) in [5, 5.41) is 3.31. The van der Waals surface area contributed by atoms with Gasteiger partial charge >= 0.3 is 0 Å². The molecule has 17 heavy (non-hydrogen) atoms. The molecule has 0 aromatic rings. The van der Waals surface area contributed by atoms with Gasteiger partial charge in [-0.15, -0.1) is 0 Å². The highest BCUT2D eigenvalue weighted by molar-refractivity contribution is 6.05. The minimum atomic E-state index is -0.502. The van der Waals surface area contributed by atoms with E-state index in [-0.39, 0.29) is 17.9 Å². The fourth-order valence-electron chi connectivity index (χ4n) is 2.93. The first-order valence-electron chi connectivity index (χ1n) is 6.51. The van der Waals surface area contributed by atoms with E-state index in [9.17, 15) is 9.59 Å². The van der Waals surface area contributed by atoms with Crippen LogP contribution in [0.5, 0.6) is 0 Å². The van der Waals surface area contributed by atoms with Crippen molar-refractivity contribution in [3.8, 4) is 0 Å². The summed E-state index contributed by atoms with van der Waals surface area (Å²) in [6.45, 7) is 7.74. The lowest BCUT2D eigenvalue weighted by Crippen LogP contribution is -2.46. The molecule has 4 nitrogen and oxygen atoms in total. The molecule has 2 amide bonds. The minimum absolute atomic E-state index is 0.00559. The van der Waals surface area contributed by atoms with E-state index in [4.69, 9.17) is 0 Å². The van der Waals surface area contributed by atoms with Crippen LogP contribution in [0, 0.1) is 11.3 Å². The standard InChI is InChI=1S/C13H22N2O2/c1-9(10-4-6-14-7-5-10)15-11(16)8-13(2,3)12(15)17/h9-10,14H,4-8H2,1-3H3. The molecule has 0 aromatic heterocycles. The number of amides is 2. The number of hydrogen-bond acceptors (Lipinski definition) is 3. The Labute approximate surface area is 103 Å². The van der Waals surface area contributed by atoms with Crippen molar-refractivity contribution >= 4 is 11.8 Å². The van der Waals surface area contributed by atoms with Crippen molar-refractivity contribution in [2.75, 3.05) is 13.1 Å². The van der Waals surface area contributed by atoms with Crippen molar-refractivity contribution in [3.05, 3.63) is 0 Å². The summed E-state index contributed by atoms with van der Waals surface area (Å²) in [6.07, 6.45) is 2.47. The van der Waals surface area contributed by atoms with Crippen molar-refractivity contribution < 1.29 is 9.59 Å². The van der Waals surface area contributed by atoms with Crippen molar-refractivity contribution in [1.82, 2.24) is 10.2 Å². The molecule has 2 aliphatic rings. The molecule has 0 saturated carbocycles. The Kier molecular flexibility index (Phi) is 3.25. The van der Waals surface area contributed by atoms with Gasteiger partial charge in [0, 0.05) is 12.5 Å². The molecule has 2 aliphatic heterocycles. The van der Waals surface area contributed by atoms with Gasteiger partial charge in [0.05, 0.1) is 5.41 Å². The van der Waals surface area contributed by atoms with Crippen molar-refractivity contribution in [3.63, 3.8) is 0 Å². The van der Waals surface area contributed by atoms with Crippen LogP contribution in [0.3, 0.4) is 0 Å². The molecule has 1 atom stereocenters. The molecule has 0 aromatic carbocycles. The van der Waals surface area contributed by atoms with Gasteiger partial charge in [-0.05, 0) is 38.8 Å². The average molecular weight is 238 g/mol. The monoisotopic (exact) mass is 238 g/mol. The van der Waals surface area contributed by atoms with Crippen LogP contribution in [0.15, 0.2) is 0 Å². The number of nitrogens with one attached hydrogen (secondary N) is 1. The number of imide groups is 1. The molecule has 1 N–H and O–H groups in total. The van der Waals surface area contributed by atoms with Crippen molar-refractivity contribution in [1.29, 1.82) is 0 Å². The topological polar surface area (TPSA) is 49.4 Å². The predicted molar refractivity (Wildman–Crippen MR) is 65.3 cm³/mol. The summed E-state index contributed by atoms with van der Waals surface area (Å²) in [5.41, 5.74) is -0.502. The minimum Gasteiger partial charge on any atom is -0.317 e. The zero-order valence-electron chi connectivity index (χ0n) is 11.0. The SMILES string of the molecule is CC(C1CCNCC1)N1C(=O)CC(C)(C)C1=O. The van der Waals surface area contributed by atoms with Crippen LogP contribution in [0.2, 0.25) is 0 Å². The van der Waals surface area contributed by atoms with E-state index >= 15 is 0 Å². The predicted octanol–water partition coefficient (Wildman–Crippen LogP) is 1.16. The molecule has 96 valence electrons. The van der Waals surface area contributed by atoms with Crippen molar-refractivity contribution in [2.24, 2.45) is 11.3 Å². The molecule has 0 spiro atoms. The molecule has 1 unspecified atom stereocenters. The highest BCUT2D eigenvalue weighted by Gasteiger charge is 2.47. The molecule has 2 fully saturated rings. The second-order valence-electron chi connectivity index (χ2n) is 5.96. The molecule has 2 rings (SSSR count). The van der Waals surface area contributed by atoms with Crippen LogP contribution in [0.4, 0.5) is 0 Å². The van der Waals surface area contributed by atoms with Crippen LogP contribution in [-0.2, 0) is 9.59 Å². The summed E-state index contributed by atoms with van der Waals surface area (Å²) in [7, 11) is 0. The number of likely N-dealkylation sites (tertiary alicyclic amines) is 1. The zero-order valence-corrected chi connectivity index (χ0v) is 11.0. The van der Waals surface area contributed by atoms with Crippen LogP contribution >= 0.6 is 0 Å². The van der Waals surface area contributed by atoms with E-state index in [0.717, 1.165) is 25.9 Å². The Hall–Kier alpha value is -0.900.